The van der Waals surface area contributed by atoms with Gasteiger partial charge in [0.25, 0.3) is 0 Å². The summed E-state index contributed by atoms with van der Waals surface area (Å²) in [6, 6.07) is 0. The number of unbranched alkanes of at least 4 members (excludes halogenated alkanes) is 9. The second kappa shape index (κ2) is 14.8. The van der Waals surface area contributed by atoms with Gasteiger partial charge in [0.05, 0.1) is 0 Å². The van der Waals surface area contributed by atoms with E-state index >= 15 is 0 Å². The smallest absolute Gasteiger partial charge is 0.103 e. The Morgan fingerprint density at radius 3 is 1.76 bits per heavy atom. The standard InChI is InChI=1S/C14H28S3/c1-3-4-5-6-7-8-9-10-11-12-13-17-14(15)16-2/h3-13H2,1-2H3. The lowest BCUT2D eigenvalue weighted by Gasteiger charge is -2.02. The Bertz CT molecular complexity index is 169. The third-order valence-electron chi connectivity index (χ3n) is 2.88. The van der Waals surface area contributed by atoms with Crippen LogP contribution < -0.4 is 0 Å². The molecule has 0 saturated heterocycles. The minimum Gasteiger partial charge on any atom is -0.111 e. The Morgan fingerprint density at radius 2 is 1.29 bits per heavy atom. The average Bonchev–Trinajstić information content (AvgIpc) is 2.35. The number of rotatable bonds is 11. The minimum atomic E-state index is 1.10. The zero-order chi connectivity index (χ0) is 12.8. The molecule has 0 rings (SSSR count). The van der Waals surface area contributed by atoms with Crippen LogP contribution in [0.2, 0.25) is 0 Å². The molecule has 0 aromatic rings. The first-order valence-electron chi connectivity index (χ1n) is 7.02. The molecule has 0 aliphatic rings. The minimum absolute atomic E-state index is 1.10. The monoisotopic (exact) mass is 292 g/mol. The summed E-state index contributed by atoms with van der Waals surface area (Å²) in [5.74, 6) is 1.22. The molecule has 0 bridgehead atoms. The molecule has 0 amide bonds. The van der Waals surface area contributed by atoms with Crippen LogP contribution in [0.5, 0.6) is 0 Å². The van der Waals surface area contributed by atoms with E-state index in [1.807, 2.05) is 11.8 Å². The van der Waals surface area contributed by atoms with Crippen molar-refractivity contribution in [2.45, 2.75) is 71.1 Å². The first kappa shape index (κ1) is 17.8. The zero-order valence-electron chi connectivity index (χ0n) is 11.5. The Hall–Kier alpha value is 0.790. The number of hydrogen-bond donors (Lipinski definition) is 0. The van der Waals surface area contributed by atoms with Crippen molar-refractivity contribution in [2.75, 3.05) is 12.0 Å². The maximum atomic E-state index is 5.15. The highest BCUT2D eigenvalue weighted by Crippen LogP contribution is 2.17. The summed E-state index contributed by atoms with van der Waals surface area (Å²) in [4.78, 5) is 0. The lowest BCUT2D eigenvalue weighted by molar-refractivity contribution is 0.563. The fourth-order valence-corrected chi connectivity index (χ4v) is 3.29. The molecule has 17 heavy (non-hydrogen) atoms. The summed E-state index contributed by atoms with van der Waals surface area (Å²) in [5.41, 5.74) is 0. The quantitative estimate of drug-likeness (QED) is 0.324. The molecule has 0 atom stereocenters. The second-order valence-electron chi connectivity index (χ2n) is 4.48. The van der Waals surface area contributed by atoms with Crippen LogP contribution in [0.4, 0.5) is 0 Å². The van der Waals surface area contributed by atoms with Crippen molar-refractivity contribution >= 4 is 39.3 Å². The van der Waals surface area contributed by atoms with E-state index in [0.29, 0.717) is 0 Å². The normalized spacial score (nSPS) is 10.7. The topological polar surface area (TPSA) is 0 Å². The molecular formula is C14H28S3. The lowest BCUT2D eigenvalue weighted by Crippen LogP contribution is -1.86. The number of hydrogen-bond acceptors (Lipinski definition) is 3. The SMILES string of the molecule is CCCCCCCCCCCCSC(=S)SC. The van der Waals surface area contributed by atoms with Crippen LogP contribution in [0, 0.1) is 0 Å². The summed E-state index contributed by atoms with van der Waals surface area (Å²) in [6.07, 6.45) is 16.2. The van der Waals surface area contributed by atoms with Gasteiger partial charge in [0.15, 0.2) is 0 Å². The molecule has 0 N–H and O–H groups in total. The summed E-state index contributed by atoms with van der Waals surface area (Å²) in [7, 11) is 0. The Labute approximate surface area is 122 Å². The van der Waals surface area contributed by atoms with E-state index < -0.39 is 0 Å². The van der Waals surface area contributed by atoms with Gasteiger partial charge in [0.2, 0.25) is 0 Å². The fourth-order valence-electron chi connectivity index (χ4n) is 1.80. The Kier molecular flexibility index (Phi) is 15.5. The third kappa shape index (κ3) is 14.7. The lowest BCUT2D eigenvalue weighted by atomic mass is 10.1. The summed E-state index contributed by atoms with van der Waals surface area (Å²) in [6.45, 7) is 2.28. The van der Waals surface area contributed by atoms with Gasteiger partial charge in [-0.15, -0.1) is 23.5 Å². The molecule has 0 aromatic heterocycles. The van der Waals surface area contributed by atoms with Gasteiger partial charge in [-0.3, -0.25) is 0 Å². The van der Waals surface area contributed by atoms with Gasteiger partial charge in [-0.05, 0) is 18.4 Å². The molecule has 0 saturated carbocycles. The van der Waals surface area contributed by atoms with Crippen LogP contribution in [-0.2, 0) is 0 Å². The molecule has 0 nitrogen and oxygen atoms in total. The van der Waals surface area contributed by atoms with E-state index in [2.05, 4.69) is 13.2 Å². The van der Waals surface area contributed by atoms with E-state index in [0.717, 1.165) is 3.53 Å². The van der Waals surface area contributed by atoms with Gasteiger partial charge in [-0.1, -0.05) is 76.9 Å². The highest BCUT2D eigenvalue weighted by Gasteiger charge is 1.95. The van der Waals surface area contributed by atoms with E-state index in [-0.39, 0.29) is 0 Å². The molecule has 0 fully saturated rings. The summed E-state index contributed by atoms with van der Waals surface area (Å²) < 4.78 is 1.10. The largest absolute Gasteiger partial charge is 0.111 e. The molecule has 0 aliphatic heterocycles. The van der Waals surface area contributed by atoms with Crippen molar-refractivity contribution in [2.24, 2.45) is 0 Å². The fraction of sp³-hybridized carbons (Fsp3) is 0.929. The molecule has 0 spiro atoms. The highest BCUT2D eigenvalue weighted by molar-refractivity contribution is 8.46. The van der Waals surface area contributed by atoms with E-state index in [4.69, 9.17) is 12.2 Å². The van der Waals surface area contributed by atoms with Crippen molar-refractivity contribution in [3.8, 4) is 0 Å². The molecule has 0 radical (unpaired) electrons. The van der Waals surface area contributed by atoms with Crippen LogP contribution in [0.1, 0.15) is 71.1 Å². The molecule has 102 valence electrons. The Morgan fingerprint density at radius 1 is 0.824 bits per heavy atom. The first-order chi connectivity index (χ1) is 8.31. The van der Waals surface area contributed by atoms with E-state index in [1.54, 1.807) is 11.8 Å². The average molecular weight is 293 g/mol. The van der Waals surface area contributed by atoms with Crippen molar-refractivity contribution in [3.05, 3.63) is 0 Å². The van der Waals surface area contributed by atoms with Gasteiger partial charge in [-0.2, -0.15) is 0 Å². The first-order valence-corrected chi connectivity index (χ1v) is 9.63. The van der Waals surface area contributed by atoms with Crippen molar-refractivity contribution < 1.29 is 0 Å². The van der Waals surface area contributed by atoms with Gasteiger partial charge in [0.1, 0.15) is 3.53 Å². The van der Waals surface area contributed by atoms with Gasteiger partial charge in [-0.25, -0.2) is 0 Å². The Balaban J connectivity index is 2.96. The van der Waals surface area contributed by atoms with Crippen LogP contribution in [0.25, 0.3) is 0 Å². The third-order valence-corrected chi connectivity index (χ3v) is 5.65. The summed E-state index contributed by atoms with van der Waals surface area (Å²) >= 11 is 8.70. The predicted octanol–water partition coefficient (Wildman–Crippen LogP) is 6.29. The summed E-state index contributed by atoms with van der Waals surface area (Å²) in [5, 5.41) is 0. The van der Waals surface area contributed by atoms with Gasteiger partial charge >= 0.3 is 0 Å². The number of thiocarbonyl (C=S) groups is 1. The van der Waals surface area contributed by atoms with Crippen LogP contribution >= 0.6 is 35.7 Å². The predicted molar refractivity (Wildman–Crippen MR) is 90.4 cm³/mol. The maximum absolute atomic E-state index is 5.15. The van der Waals surface area contributed by atoms with Crippen molar-refractivity contribution in [1.82, 2.24) is 0 Å². The van der Waals surface area contributed by atoms with Gasteiger partial charge < -0.3 is 0 Å². The van der Waals surface area contributed by atoms with Crippen LogP contribution in [0.3, 0.4) is 0 Å². The van der Waals surface area contributed by atoms with Gasteiger partial charge in [0, 0.05) is 0 Å². The number of thioether (sulfide) groups is 2. The molecule has 0 unspecified atom stereocenters. The van der Waals surface area contributed by atoms with Crippen molar-refractivity contribution in [3.63, 3.8) is 0 Å². The molecule has 0 aliphatic carbocycles. The van der Waals surface area contributed by atoms with Crippen LogP contribution in [-0.4, -0.2) is 15.5 Å². The highest BCUT2D eigenvalue weighted by atomic mass is 32.2. The molecular weight excluding hydrogens is 264 g/mol. The zero-order valence-corrected chi connectivity index (χ0v) is 14.0. The second-order valence-corrected chi connectivity index (χ2v) is 7.59. The molecule has 0 heterocycles. The maximum Gasteiger partial charge on any atom is 0.103 e. The van der Waals surface area contributed by atoms with E-state index in [1.165, 1.54) is 70.0 Å². The van der Waals surface area contributed by atoms with E-state index in [9.17, 15) is 0 Å². The molecule has 0 aromatic carbocycles. The van der Waals surface area contributed by atoms with Crippen LogP contribution in [0.15, 0.2) is 0 Å². The molecule has 3 heteroatoms. The van der Waals surface area contributed by atoms with Crippen molar-refractivity contribution in [1.29, 1.82) is 0 Å².